The second kappa shape index (κ2) is 7.86. The summed E-state index contributed by atoms with van der Waals surface area (Å²) in [5, 5.41) is 12.1. The molecule has 0 aromatic heterocycles. The van der Waals surface area contributed by atoms with Crippen LogP contribution in [-0.4, -0.2) is 31.2 Å². The van der Waals surface area contributed by atoms with Gasteiger partial charge in [-0.1, -0.05) is 18.2 Å². The molecule has 0 radical (unpaired) electrons. The van der Waals surface area contributed by atoms with Crippen LogP contribution >= 0.6 is 0 Å². The Labute approximate surface area is 150 Å². The fourth-order valence-corrected chi connectivity index (χ4v) is 2.53. The summed E-state index contributed by atoms with van der Waals surface area (Å²) in [7, 11) is 2.99. The number of hydrogen-bond acceptors (Lipinski definition) is 4. The van der Waals surface area contributed by atoms with E-state index in [1.165, 1.54) is 33.3 Å². The number of carbonyl (C=O) groups excluding carboxylic acids is 1. The summed E-state index contributed by atoms with van der Waals surface area (Å²) < 4.78 is 23.4. The fraction of sp³-hybridized carbons (Fsp3) is 0.263. The summed E-state index contributed by atoms with van der Waals surface area (Å²) in [6, 6.07) is 9.97. The summed E-state index contributed by atoms with van der Waals surface area (Å²) in [6.45, 7) is 1.36. The molecule has 0 bridgehead atoms. The van der Waals surface area contributed by atoms with Crippen LogP contribution in [0.15, 0.2) is 42.5 Å². The third-order valence-corrected chi connectivity index (χ3v) is 4.05. The number of hydrogen-bond donors (Lipinski definition) is 2. The number of ether oxygens (including phenoxy) is 2. The zero-order chi connectivity index (χ0) is 19.3. The first-order valence-electron chi connectivity index (χ1n) is 7.81. The van der Waals surface area contributed by atoms with Gasteiger partial charge in [0.1, 0.15) is 5.82 Å². The van der Waals surface area contributed by atoms with Gasteiger partial charge in [-0.2, -0.15) is 0 Å². The van der Waals surface area contributed by atoms with Crippen molar-refractivity contribution in [3.63, 3.8) is 0 Å². The predicted octanol–water partition coefficient (Wildman–Crippen LogP) is 2.50. The number of carbonyl (C=O) groups is 2. The molecule has 0 aliphatic rings. The van der Waals surface area contributed by atoms with Crippen LogP contribution in [0.5, 0.6) is 11.5 Å². The monoisotopic (exact) mass is 361 g/mol. The highest BCUT2D eigenvalue weighted by Gasteiger charge is 2.36. The maximum atomic E-state index is 13.1. The highest BCUT2D eigenvalue weighted by Crippen LogP contribution is 2.28. The third-order valence-electron chi connectivity index (χ3n) is 4.05. The van der Waals surface area contributed by atoms with E-state index in [-0.39, 0.29) is 12.0 Å². The van der Waals surface area contributed by atoms with Crippen LogP contribution in [0.3, 0.4) is 0 Å². The number of aliphatic carboxylic acids is 1. The van der Waals surface area contributed by atoms with Crippen molar-refractivity contribution < 1.29 is 28.6 Å². The molecule has 0 saturated heterocycles. The Morgan fingerprint density at radius 1 is 1.08 bits per heavy atom. The molecule has 0 fully saturated rings. The van der Waals surface area contributed by atoms with Crippen molar-refractivity contribution in [2.24, 2.45) is 0 Å². The first kappa shape index (κ1) is 19.2. The highest BCUT2D eigenvalue weighted by atomic mass is 19.1. The smallest absolute Gasteiger partial charge is 0.333 e. The summed E-state index contributed by atoms with van der Waals surface area (Å²) in [5.74, 6) is -1.23. The van der Waals surface area contributed by atoms with Crippen LogP contribution in [-0.2, 0) is 21.5 Å². The summed E-state index contributed by atoms with van der Waals surface area (Å²) >= 11 is 0. The molecule has 1 unspecified atom stereocenters. The molecule has 138 valence electrons. The Hall–Kier alpha value is -3.09. The van der Waals surface area contributed by atoms with Crippen LogP contribution in [0.1, 0.15) is 18.1 Å². The second-order valence-electron chi connectivity index (χ2n) is 5.85. The number of amides is 1. The maximum absolute atomic E-state index is 13.1. The van der Waals surface area contributed by atoms with E-state index in [2.05, 4.69) is 5.32 Å². The van der Waals surface area contributed by atoms with Crippen molar-refractivity contribution >= 4 is 11.9 Å². The first-order valence-corrected chi connectivity index (χ1v) is 7.81. The van der Waals surface area contributed by atoms with E-state index >= 15 is 0 Å². The van der Waals surface area contributed by atoms with E-state index in [9.17, 15) is 19.1 Å². The van der Waals surface area contributed by atoms with Gasteiger partial charge < -0.3 is 19.9 Å². The minimum Gasteiger partial charge on any atom is -0.493 e. The number of carboxylic acid groups (broad SMARTS) is 1. The Balaban J connectivity index is 2.20. The van der Waals surface area contributed by atoms with E-state index < -0.39 is 23.2 Å². The molecule has 0 spiro atoms. The molecule has 1 atom stereocenters. The summed E-state index contributed by atoms with van der Waals surface area (Å²) in [6.07, 6.45) is -0.0512. The van der Waals surface area contributed by atoms with Gasteiger partial charge in [0.15, 0.2) is 17.0 Å². The van der Waals surface area contributed by atoms with Crippen LogP contribution in [0.4, 0.5) is 4.39 Å². The summed E-state index contributed by atoms with van der Waals surface area (Å²) in [5.41, 5.74) is -0.777. The van der Waals surface area contributed by atoms with Gasteiger partial charge in [0.05, 0.1) is 20.6 Å². The van der Waals surface area contributed by atoms with Gasteiger partial charge in [0, 0.05) is 0 Å². The lowest BCUT2D eigenvalue weighted by Gasteiger charge is -2.27. The topological polar surface area (TPSA) is 84.9 Å². The maximum Gasteiger partial charge on any atom is 0.333 e. The molecule has 2 aromatic rings. The minimum absolute atomic E-state index is 0.0512. The zero-order valence-electron chi connectivity index (χ0n) is 14.7. The largest absolute Gasteiger partial charge is 0.493 e. The van der Waals surface area contributed by atoms with Gasteiger partial charge in [-0.3, -0.25) is 4.79 Å². The molecular weight excluding hydrogens is 341 g/mol. The van der Waals surface area contributed by atoms with E-state index in [0.717, 1.165) is 12.1 Å². The standard InChI is InChI=1S/C19H20FNO5/c1-19(18(23)24,13-5-7-14(20)8-6-13)21-17(22)11-12-4-9-15(25-2)16(10-12)26-3/h4-10H,11H2,1-3H3,(H,21,22)(H,23,24). The van der Waals surface area contributed by atoms with E-state index in [1.54, 1.807) is 18.2 Å². The number of nitrogens with one attached hydrogen (secondary N) is 1. The SMILES string of the molecule is COc1ccc(CC(=O)NC(C)(C(=O)O)c2ccc(F)cc2)cc1OC. The van der Waals surface area contributed by atoms with Gasteiger partial charge in [-0.05, 0) is 42.3 Å². The van der Waals surface area contributed by atoms with Gasteiger partial charge in [0.25, 0.3) is 0 Å². The van der Waals surface area contributed by atoms with E-state index in [1.807, 2.05) is 0 Å². The lowest BCUT2D eigenvalue weighted by Crippen LogP contribution is -2.50. The normalized spacial score (nSPS) is 12.8. The molecular formula is C19H20FNO5. The minimum atomic E-state index is -1.68. The van der Waals surface area contributed by atoms with Crippen LogP contribution < -0.4 is 14.8 Å². The number of halogens is 1. The van der Waals surface area contributed by atoms with Gasteiger partial charge in [-0.25, -0.2) is 9.18 Å². The van der Waals surface area contributed by atoms with Crippen LogP contribution in [0.25, 0.3) is 0 Å². The van der Waals surface area contributed by atoms with Crippen molar-refractivity contribution in [2.75, 3.05) is 14.2 Å². The first-order chi connectivity index (χ1) is 12.3. The molecule has 0 heterocycles. The highest BCUT2D eigenvalue weighted by molar-refractivity contribution is 5.88. The number of methoxy groups -OCH3 is 2. The number of rotatable bonds is 7. The average molecular weight is 361 g/mol. The quantitative estimate of drug-likeness (QED) is 0.792. The molecule has 0 aliphatic carbocycles. The Morgan fingerprint density at radius 2 is 1.69 bits per heavy atom. The fourth-order valence-electron chi connectivity index (χ4n) is 2.53. The number of benzene rings is 2. The van der Waals surface area contributed by atoms with Crippen molar-refractivity contribution in [2.45, 2.75) is 18.9 Å². The molecule has 1 amide bonds. The molecule has 7 heteroatoms. The number of carboxylic acids is 1. The van der Waals surface area contributed by atoms with Gasteiger partial charge in [-0.15, -0.1) is 0 Å². The molecule has 2 aromatic carbocycles. The summed E-state index contributed by atoms with van der Waals surface area (Å²) in [4.78, 5) is 24.1. The Kier molecular flexibility index (Phi) is 5.82. The Bertz CT molecular complexity index is 806. The van der Waals surface area contributed by atoms with Gasteiger partial charge in [0.2, 0.25) is 5.91 Å². The molecule has 0 aliphatic heterocycles. The van der Waals surface area contributed by atoms with Crippen LogP contribution in [0, 0.1) is 5.82 Å². The van der Waals surface area contributed by atoms with E-state index in [4.69, 9.17) is 9.47 Å². The lowest BCUT2D eigenvalue weighted by atomic mass is 9.91. The molecule has 26 heavy (non-hydrogen) atoms. The van der Waals surface area contributed by atoms with Crippen molar-refractivity contribution in [3.05, 3.63) is 59.4 Å². The molecule has 2 rings (SSSR count). The third kappa shape index (κ3) is 4.11. The average Bonchev–Trinajstić information content (AvgIpc) is 2.61. The molecule has 6 nitrogen and oxygen atoms in total. The zero-order valence-corrected chi connectivity index (χ0v) is 14.7. The van der Waals surface area contributed by atoms with Crippen molar-refractivity contribution in [1.29, 1.82) is 0 Å². The lowest BCUT2D eigenvalue weighted by molar-refractivity contribution is -0.147. The van der Waals surface area contributed by atoms with Crippen molar-refractivity contribution in [1.82, 2.24) is 5.32 Å². The molecule has 0 saturated carbocycles. The predicted molar refractivity (Wildman–Crippen MR) is 92.8 cm³/mol. The van der Waals surface area contributed by atoms with Crippen LogP contribution in [0.2, 0.25) is 0 Å². The van der Waals surface area contributed by atoms with Crippen molar-refractivity contribution in [3.8, 4) is 11.5 Å². The second-order valence-corrected chi connectivity index (χ2v) is 5.85. The Morgan fingerprint density at radius 3 is 2.23 bits per heavy atom. The molecule has 2 N–H and O–H groups in total. The van der Waals surface area contributed by atoms with E-state index in [0.29, 0.717) is 17.1 Å². The van der Waals surface area contributed by atoms with Gasteiger partial charge >= 0.3 is 5.97 Å².